The first kappa shape index (κ1) is 38.2. The van der Waals surface area contributed by atoms with Gasteiger partial charge in [-0.2, -0.15) is 0 Å². The first-order chi connectivity index (χ1) is 25.3. The van der Waals surface area contributed by atoms with Gasteiger partial charge in [0.05, 0.1) is 6.61 Å². The number of nitrogens with zero attached hydrogens (tertiary/aromatic N) is 1. The average Bonchev–Trinajstić information content (AvgIpc) is 3.17. The first-order valence-electron chi connectivity index (χ1n) is 17.5. The molecule has 1 amide bonds. The molecule has 5 aromatic carbocycles. The number of amides is 1. The second-order valence-electron chi connectivity index (χ2n) is 12.3. The van der Waals surface area contributed by atoms with Crippen molar-refractivity contribution < 1.29 is 37.5 Å². The van der Waals surface area contributed by atoms with Gasteiger partial charge in [-0.3, -0.25) is 9.42 Å². The van der Waals surface area contributed by atoms with Gasteiger partial charge in [0.15, 0.2) is 11.5 Å². The average molecular weight is 724 g/mol. The first-order valence-corrected chi connectivity index (χ1v) is 19.0. The van der Waals surface area contributed by atoms with Crippen LogP contribution in [0.15, 0.2) is 133 Å². The number of carbonyl (C=O) groups is 1. The molecule has 272 valence electrons. The molecule has 2 atom stereocenters. The summed E-state index contributed by atoms with van der Waals surface area (Å²) in [4.78, 5) is 25.5. The summed E-state index contributed by atoms with van der Waals surface area (Å²) in [6.45, 7) is 4.91. The Hall–Kier alpha value is -5.08. The van der Waals surface area contributed by atoms with E-state index in [1.54, 1.807) is 30.0 Å². The van der Waals surface area contributed by atoms with E-state index in [1.807, 2.05) is 110 Å². The van der Waals surface area contributed by atoms with Gasteiger partial charge in [-0.15, -0.1) is 0 Å². The third-order valence-electron chi connectivity index (χ3n) is 8.39. The fraction of sp³-hybridized carbons (Fsp3) is 0.262. The van der Waals surface area contributed by atoms with Crippen LogP contribution in [-0.2, 0) is 46.5 Å². The van der Waals surface area contributed by atoms with Crippen LogP contribution in [0.25, 0.3) is 0 Å². The number of benzene rings is 5. The summed E-state index contributed by atoms with van der Waals surface area (Å²) in [5.41, 5.74) is 4.92. The van der Waals surface area contributed by atoms with Crippen LogP contribution >= 0.6 is 7.82 Å². The van der Waals surface area contributed by atoms with Crippen molar-refractivity contribution in [3.8, 4) is 17.2 Å². The topological polar surface area (TPSA) is 104 Å². The third kappa shape index (κ3) is 12.3. The van der Waals surface area contributed by atoms with Gasteiger partial charge in [0, 0.05) is 12.6 Å². The number of hydrogen-bond acceptors (Lipinski definition) is 7. The van der Waals surface area contributed by atoms with Crippen molar-refractivity contribution in [2.24, 2.45) is 0 Å². The van der Waals surface area contributed by atoms with Crippen molar-refractivity contribution in [3.63, 3.8) is 0 Å². The molecule has 5 aromatic rings. The number of rotatable bonds is 19. The van der Waals surface area contributed by atoms with Crippen molar-refractivity contribution in [1.29, 1.82) is 0 Å². The van der Waals surface area contributed by atoms with Crippen LogP contribution in [0, 0.1) is 0 Å². The Balaban J connectivity index is 1.26. The van der Waals surface area contributed by atoms with Crippen molar-refractivity contribution in [3.05, 3.63) is 161 Å². The van der Waals surface area contributed by atoms with Gasteiger partial charge in [-0.25, -0.2) is 9.36 Å². The van der Waals surface area contributed by atoms with Gasteiger partial charge >= 0.3 is 13.9 Å². The minimum absolute atomic E-state index is 0.00887. The Morgan fingerprint density at radius 2 is 1.23 bits per heavy atom. The van der Waals surface area contributed by atoms with Crippen LogP contribution in [0.3, 0.4) is 0 Å². The molecule has 10 heteroatoms. The van der Waals surface area contributed by atoms with E-state index in [-0.39, 0.29) is 37.4 Å². The number of ether oxygens (including phenoxy) is 3. The lowest BCUT2D eigenvalue weighted by atomic mass is 10.0. The van der Waals surface area contributed by atoms with E-state index in [4.69, 9.17) is 23.3 Å². The molecule has 5 rings (SSSR count). The second-order valence-corrected chi connectivity index (χ2v) is 13.7. The lowest BCUT2D eigenvalue weighted by Crippen LogP contribution is -2.40. The molecule has 2 unspecified atom stereocenters. The van der Waals surface area contributed by atoms with Crippen LogP contribution in [-0.4, -0.2) is 35.1 Å². The maximum absolute atomic E-state index is 13.6. The number of aryl methyl sites for hydroxylation is 1. The SMILES string of the molecule is CCOP(=O)(O)Oc1ccc(CCN(C(=O)OCc2ccccc2)C(C)CCc2ccc(OCc3ccccc3)cc2)cc1OCc1ccccc1. The van der Waals surface area contributed by atoms with Crippen molar-refractivity contribution in [2.45, 2.75) is 59.0 Å². The predicted octanol–water partition coefficient (Wildman–Crippen LogP) is 9.56. The minimum Gasteiger partial charge on any atom is -0.489 e. The monoisotopic (exact) mass is 723 g/mol. The quantitative estimate of drug-likeness (QED) is 0.0841. The van der Waals surface area contributed by atoms with Gasteiger partial charge < -0.3 is 23.6 Å². The molecule has 0 aliphatic heterocycles. The van der Waals surface area contributed by atoms with Crippen LogP contribution in [0.4, 0.5) is 4.79 Å². The summed E-state index contributed by atoms with van der Waals surface area (Å²) >= 11 is 0. The van der Waals surface area contributed by atoms with E-state index in [9.17, 15) is 14.3 Å². The molecule has 52 heavy (non-hydrogen) atoms. The van der Waals surface area contributed by atoms with Crippen molar-refractivity contribution >= 4 is 13.9 Å². The lowest BCUT2D eigenvalue weighted by Gasteiger charge is -2.29. The Kier molecular flexibility index (Phi) is 14.3. The normalized spacial score (nSPS) is 12.7. The number of phosphoric acid groups is 1. The van der Waals surface area contributed by atoms with E-state index in [0.29, 0.717) is 26.0 Å². The highest BCUT2D eigenvalue weighted by molar-refractivity contribution is 7.47. The van der Waals surface area contributed by atoms with Gasteiger partial charge in [0.25, 0.3) is 0 Å². The number of phosphoric ester groups is 1. The molecule has 0 aliphatic rings. The highest BCUT2D eigenvalue weighted by atomic mass is 31.2. The zero-order valence-electron chi connectivity index (χ0n) is 29.6. The van der Waals surface area contributed by atoms with E-state index in [2.05, 4.69) is 12.1 Å². The molecule has 0 saturated carbocycles. The molecule has 0 saturated heterocycles. The molecule has 0 spiro atoms. The Morgan fingerprint density at radius 1 is 0.673 bits per heavy atom. The summed E-state index contributed by atoms with van der Waals surface area (Å²) in [6.07, 6.45) is 1.54. The summed E-state index contributed by atoms with van der Waals surface area (Å²) < 4.78 is 40.6. The maximum Gasteiger partial charge on any atom is 0.527 e. The fourth-order valence-corrected chi connectivity index (χ4v) is 6.29. The lowest BCUT2D eigenvalue weighted by molar-refractivity contribution is 0.0820. The Labute approximate surface area is 306 Å². The smallest absolute Gasteiger partial charge is 0.489 e. The standard InChI is InChI=1S/C42H46NO8P/c1-3-50-52(45,46)51-40-26-23-35(29-41(40)48-31-37-15-9-5-10-16-37)27-28-43(42(44)49-32-38-17-11-6-12-18-38)33(2)19-20-34-21-24-39(25-22-34)47-30-36-13-7-4-8-14-36/h4-18,21-26,29,33H,3,19-20,27-28,30-32H2,1-2H3,(H,45,46). The molecule has 1 N–H and O–H groups in total. The summed E-state index contributed by atoms with van der Waals surface area (Å²) in [6, 6.07) is 42.3. The van der Waals surface area contributed by atoms with Crippen molar-refractivity contribution in [2.75, 3.05) is 13.2 Å². The zero-order valence-corrected chi connectivity index (χ0v) is 30.5. The molecule has 9 nitrogen and oxygen atoms in total. The van der Waals surface area contributed by atoms with Crippen LogP contribution in [0.1, 0.15) is 48.1 Å². The maximum atomic E-state index is 13.6. The molecule has 0 heterocycles. The van der Waals surface area contributed by atoms with Crippen LogP contribution < -0.4 is 14.0 Å². The minimum atomic E-state index is -4.35. The van der Waals surface area contributed by atoms with Gasteiger partial charge in [-0.1, -0.05) is 109 Å². The molecule has 0 bridgehead atoms. The summed E-state index contributed by atoms with van der Waals surface area (Å²) in [5.74, 6) is 1.18. The predicted molar refractivity (Wildman–Crippen MR) is 201 cm³/mol. The molecular formula is C42H46NO8P. The molecule has 0 aromatic heterocycles. The fourth-order valence-electron chi connectivity index (χ4n) is 5.51. The Bertz CT molecular complexity index is 1860. The van der Waals surface area contributed by atoms with Crippen LogP contribution in [0.5, 0.6) is 17.2 Å². The van der Waals surface area contributed by atoms with E-state index >= 15 is 0 Å². The Morgan fingerprint density at radius 3 is 1.83 bits per heavy atom. The second kappa shape index (κ2) is 19.5. The number of carbonyl (C=O) groups excluding carboxylic acids is 1. The van der Waals surface area contributed by atoms with Gasteiger partial charge in [0.1, 0.15) is 25.6 Å². The van der Waals surface area contributed by atoms with E-state index in [1.165, 1.54) is 0 Å². The van der Waals surface area contributed by atoms with Crippen molar-refractivity contribution in [1.82, 2.24) is 4.90 Å². The van der Waals surface area contributed by atoms with E-state index in [0.717, 1.165) is 40.0 Å². The van der Waals surface area contributed by atoms with Gasteiger partial charge in [-0.05, 0) is 85.2 Å². The molecule has 0 aliphatic carbocycles. The molecule has 0 radical (unpaired) electrons. The third-order valence-corrected chi connectivity index (χ3v) is 9.40. The summed E-state index contributed by atoms with van der Waals surface area (Å²) in [5, 5.41) is 0. The highest BCUT2D eigenvalue weighted by Gasteiger charge is 2.25. The van der Waals surface area contributed by atoms with Gasteiger partial charge in [0.2, 0.25) is 0 Å². The zero-order chi connectivity index (χ0) is 36.6. The van der Waals surface area contributed by atoms with Crippen LogP contribution in [0.2, 0.25) is 0 Å². The van der Waals surface area contributed by atoms with E-state index < -0.39 is 13.9 Å². The largest absolute Gasteiger partial charge is 0.527 e. The number of hydrogen-bond donors (Lipinski definition) is 1. The molecular weight excluding hydrogens is 677 g/mol. The summed E-state index contributed by atoms with van der Waals surface area (Å²) in [7, 11) is -4.35. The highest BCUT2D eigenvalue weighted by Crippen LogP contribution is 2.47. The molecule has 0 fully saturated rings.